The first-order chi connectivity index (χ1) is 11.6. The van der Waals surface area contributed by atoms with Gasteiger partial charge in [-0.25, -0.2) is 0 Å². The second-order valence-electron chi connectivity index (χ2n) is 6.87. The number of hydrogen-bond acceptors (Lipinski definition) is 5. The molecule has 2 fully saturated rings. The Kier molecular flexibility index (Phi) is 3.92. The van der Waals surface area contributed by atoms with Crippen molar-refractivity contribution in [3.8, 4) is 0 Å². The van der Waals surface area contributed by atoms with Gasteiger partial charge in [0.05, 0.1) is 12.0 Å². The highest BCUT2D eigenvalue weighted by Gasteiger charge is 2.47. The lowest BCUT2D eigenvalue weighted by atomic mass is 10.1. The third kappa shape index (κ3) is 2.86. The van der Waals surface area contributed by atoms with Gasteiger partial charge in [0.2, 0.25) is 5.91 Å². The Morgan fingerprint density at radius 1 is 1.29 bits per heavy atom. The summed E-state index contributed by atoms with van der Waals surface area (Å²) in [6, 6.07) is 3.86. The van der Waals surface area contributed by atoms with Gasteiger partial charge in [0.15, 0.2) is 0 Å². The second-order valence-corrected chi connectivity index (χ2v) is 6.87. The van der Waals surface area contributed by atoms with Crippen molar-refractivity contribution in [2.45, 2.75) is 32.7 Å². The summed E-state index contributed by atoms with van der Waals surface area (Å²) in [6.45, 7) is 8.17. The van der Waals surface area contributed by atoms with Crippen LogP contribution in [0.4, 0.5) is 0 Å². The summed E-state index contributed by atoms with van der Waals surface area (Å²) in [5, 5.41) is 4.01. The summed E-state index contributed by atoms with van der Waals surface area (Å²) in [5.41, 5.74) is 2.14. The van der Waals surface area contributed by atoms with Gasteiger partial charge in [-0.1, -0.05) is 5.16 Å². The lowest BCUT2D eigenvalue weighted by Crippen LogP contribution is -2.48. The van der Waals surface area contributed by atoms with E-state index >= 15 is 0 Å². The van der Waals surface area contributed by atoms with Gasteiger partial charge >= 0.3 is 0 Å². The number of nitrogens with zero attached hydrogens (tertiary/aromatic N) is 3. The van der Waals surface area contributed by atoms with E-state index in [1.807, 2.05) is 30.9 Å². The Bertz CT molecular complexity index is 694. The molecule has 6 heteroatoms. The number of carbonyl (C=O) groups is 1. The fourth-order valence-electron chi connectivity index (χ4n) is 3.60. The molecule has 0 aromatic carbocycles. The van der Waals surface area contributed by atoms with Crippen molar-refractivity contribution in [3.05, 3.63) is 41.2 Å². The predicted molar refractivity (Wildman–Crippen MR) is 87.4 cm³/mol. The van der Waals surface area contributed by atoms with E-state index in [2.05, 4.69) is 10.1 Å². The molecule has 2 atom stereocenters. The van der Waals surface area contributed by atoms with Crippen LogP contribution in [0.3, 0.4) is 0 Å². The number of amides is 1. The number of aromatic nitrogens is 1. The van der Waals surface area contributed by atoms with Gasteiger partial charge in [0.25, 0.3) is 0 Å². The number of carbonyl (C=O) groups excluding carboxylic acids is 1. The van der Waals surface area contributed by atoms with E-state index in [1.54, 1.807) is 6.26 Å². The van der Waals surface area contributed by atoms with Gasteiger partial charge in [-0.3, -0.25) is 9.69 Å². The largest absolute Gasteiger partial charge is 0.469 e. The molecule has 0 spiro atoms. The summed E-state index contributed by atoms with van der Waals surface area (Å²) in [7, 11) is 0. The molecule has 2 aromatic heterocycles. The third-order valence-corrected chi connectivity index (χ3v) is 5.26. The Labute approximate surface area is 141 Å². The topological polar surface area (TPSA) is 62.7 Å². The Morgan fingerprint density at radius 3 is 2.71 bits per heavy atom. The first-order valence-corrected chi connectivity index (χ1v) is 8.60. The molecule has 128 valence electrons. The standard InChI is InChI=1S/C18H23N3O3/c1-12-16(13(2)24-19-12)11-20-5-7-21(8-6-20)18(22)15-10-14(15)17-4-3-9-23-17/h3-4,9,14-15H,5-8,10-11H2,1-2H3/t14-,15-/m0/s1. The first-order valence-electron chi connectivity index (χ1n) is 8.60. The van der Waals surface area contributed by atoms with Crippen LogP contribution in [-0.2, 0) is 11.3 Å². The molecule has 1 aliphatic carbocycles. The van der Waals surface area contributed by atoms with Crippen LogP contribution in [0.2, 0.25) is 0 Å². The minimum absolute atomic E-state index is 0.116. The molecule has 2 aliphatic rings. The number of hydrogen-bond donors (Lipinski definition) is 0. The molecule has 0 unspecified atom stereocenters. The van der Waals surface area contributed by atoms with E-state index in [1.165, 1.54) is 5.56 Å². The van der Waals surface area contributed by atoms with Crippen LogP contribution in [0.5, 0.6) is 0 Å². The molecule has 1 amide bonds. The highest BCUT2D eigenvalue weighted by atomic mass is 16.5. The van der Waals surface area contributed by atoms with Gasteiger partial charge in [0.1, 0.15) is 11.5 Å². The van der Waals surface area contributed by atoms with Gasteiger partial charge in [-0.2, -0.15) is 0 Å². The maximum absolute atomic E-state index is 12.6. The zero-order valence-electron chi connectivity index (χ0n) is 14.2. The fraction of sp³-hybridized carbons (Fsp3) is 0.556. The quantitative estimate of drug-likeness (QED) is 0.861. The lowest BCUT2D eigenvalue weighted by Gasteiger charge is -2.34. The lowest BCUT2D eigenvalue weighted by molar-refractivity contribution is -0.134. The zero-order chi connectivity index (χ0) is 16.7. The van der Waals surface area contributed by atoms with Crippen LogP contribution in [0.15, 0.2) is 27.3 Å². The number of rotatable bonds is 4. The molecule has 24 heavy (non-hydrogen) atoms. The van der Waals surface area contributed by atoms with Crippen molar-refractivity contribution >= 4 is 5.91 Å². The maximum Gasteiger partial charge on any atom is 0.226 e. The highest BCUT2D eigenvalue weighted by molar-refractivity contribution is 5.83. The van der Waals surface area contributed by atoms with Crippen molar-refractivity contribution < 1.29 is 13.7 Å². The van der Waals surface area contributed by atoms with Crippen molar-refractivity contribution in [1.29, 1.82) is 0 Å². The minimum Gasteiger partial charge on any atom is -0.469 e. The van der Waals surface area contributed by atoms with Gasteiger partial charge in [-0.05, 0) is 32.4 Å². The molecule has 1 saturated heterocycles. The first kappa shape index (κ1) is 15.4. The molecular weight excluding hydrogens is 306 g/mol. The Morgan fingerprint density at radius 2 is 2.08 bits per heavy atom. The van der Waals surface area contributed by atoms with E-state index in [4.69, 9.17) is 8.94 Å². The SMILES string of the molecule is Cc1noc(C)c1CN1CCN(C(=O)[C@H]2C[C@@H]2c2ccco2)CC1. The van der Waals surface area contributed by atoms with E-state index in [0.29, 0.717) is 0 Å². The van der Waals surface area contributed by atoms with E-state index in [9.17, 15) is 4.79 Å². The van der Waals surface area contributed by atoms with Crippen molar-refractivity contribution in [3.63, 3.8) is 0 Å². The molecule has 0 radical (unpaired) electrons. The van der Waals surface area contributed by atoms with E-state index in [-0.39, 0.29) is 17.7 Å². The predicted octanol–water partition coefficient (Wildman–Crippen LogP) is 2.33. The fourth-order valence-corrected chi connectivity index (χ4v) is 3.60. The molecule has 2 aromatic rings. The highest BCUT2D eigenvalue weighted by Crippen LogP contribution is 2.48. The van der Waals surface area contributed by atoms with Crippen LogP contribution in [0, 0.1) is 19.8 Å². The molecule has 0 bridgehead atoms. The van der Waals surface area contributed by atoms with E-state index < -0.39 is 0 Å². The summed E-state index contributed by atoms with van der Waals surface area (Å²) >= 11 is 0. The van der Waals surface area contributed by atoms with Crippen molar-refractivity contribution in [2.75, 3.05) is 26.2 Å². The van der Waals surface area contributed by atoms with E-state index in [0.717, 1.165) is 56.4 Å². The molecule has 1 aliphatic heterocycles. The molecule has 3 heterocycles. The molecular formula is C18H23N3O3. The van der Waals surface area contributed by atoms with Gasteiger partial charge in [-0.15, -0.1) is 0 Å². The monoisotopic (exact) mass is 329 g/mol. The normalized spacial score (nSPS) is 24.3. The average molecular weight is 329 g/mol. The number of furan rings is 1. The summed E-state index contributed by atoms with van der Waals surface area (Å²) < 4.78 is 10.7. The molecule has 6 nitrogen and oxygen atoms in total. The van der Waals surface area contributed by atoms with Crippen LogP contribution >= 0.6 is 0 Å². The summed E-state index contributed by atoms with van der Waals surface area (Å²) in [5.74, 6) is 2.53. The van der Waals surface area contributed by atoms with Crippen LogP contribution < -0.4 is 0 Å². The minimum atomic E-state index is 0.116. The molecule has 4 rings (SSSR count). The van der Waals surface area contributed by atoms with Crippen LogP contribution in [0.1, 0.15) is 35.1 Å². The van der Waals surface area contributed by atoms with Gasteiger partial charge < -0.3 is 13.8 Å². The molecule has 1 saturated carbocycles. The van der Waals surface area contributed by atoms with Crippen molar-refractivity contribution in [1.82, 2.24) is 15.0 Å². The number of aryl methyl sites for hydroxylation is 2. The zero-order valence-corrected chi connectivity index (χ0v) is 14.2. The van der Waals surface area contributed by atoms with Crippen molar-refractivity contribution in [2.24, 2.45) is 5.92 Å². The Balaban J connectivity index is 1.30. The van der Waals surface area contributed by atoms with Gasteiger partial charge in [0, 0.05) is 50.1 Å². The Hall–Kier alpha value is -2.08. The molecule has 0 N–H and O–H groups in total. The summed E-state index contributed by atoms with van der Waals surface area (Å²) in [6.07, 6.45) is 2.61. The third-order valence-electron chi connectivity index (χ3n) is 5.26. The summed E-state index contributed by atoms with van der Waals surface area (Å²) in [4.78, 5) is 17.0. The van der Waals surface area contributed by atoms with Crippen LogP contribution in [0.25, 0.3) is 0 Å². The van der Waals surface area contributed by atoms with Crippen LogP contribution in [-0.4, -0.2) is 47.0 Å². The maximum atomic E-state index is 12.6. The average Bonchev–Trinajstić information content (AvgIpc) is 3.08. The second kappa shape index (κ2) is 6.09. The smallest absolute Gasteiger partial charge is 0.226 e. The number of piperazine rings is 1.